The second-order valence-corrected chi connectivity index (χ2v) is 9.20. The first-order valence-corrected chi connectivity index (χ1v) is 11.0. The highest BCUT2D eigenvalue weighted by molar-refractivity contribution is 5.67. The van der Waals surface area contributed by atoms with Gasteiger partial charge in [0.1, 0.15) is 0 Å². The van der Waals surface area contributed by atoms with Crippen molar-refractivity contribution in [2.75, 3.05) is 13.2 Å². The van der Waals surface area contributed by atoms with E-state index in [0.29, 0.717) is 5.69 Å². The fraction of sp³-hybridized carbons (Fsp3) is 0.500. The van der Waals surface area contributed by atoms with Crippen molar-refractivity contribution in [3.63, 3.8) is 0 Å². The molecule has 0 aliphatic carbocycles. The number of aliphatic carboxylic acids is 1. The van der Waals surface area contributed by atoms with Crippen LogP contribution in [0.25, 0.3) is 0 Å². The van der Waals surface area contributed by atoms with Gasteiger partial charge in [-0.1, -0.05) is 18.2 Å². The monoisotopic (exact) mass is 473 g/mol. The van der Waals surface area contributed by atoms with Gasteiger partial charge in [0.15, 0.2) is 17.6 Å². The van der Waals surface area contributed by atoms with Gasteiger partial charge in [-0.2, -0.15) is 0 Å². The Morgan fingerprint density at radius 3 is 2.65 bits per heavy atom. The van der Waals surface area contributed by atoms with Crippen LogP contribution in [0.5, 0.6) is 5.75 Å². The number of nitro benzene ring substituents is 1. The summed E-state index contributed by atoms with van der Waals surface area (Å²) < 4.78 is 20.1. The Morgan fingerprint density at radius 1 is 1.44 bits per heavy atom. The van der Waals surface area contributed by atoms with E-state index >= 15 is 0 Å². The first-order valence-electron chi connectivity index (χ1n) is 11.0. The van der Waals surface area contributed by atoms with Gasteiger partial charge in [0.25, 0.3) is 0 Å². The highest BCUT2D eigenvalue weighted by Gasteiger charge is 2.50. The number of hydrogen-bond acceptors (Lipinski definition) is 7. The van der Waals surface area contributed by atoms with E-state index in [0.717, 1.165) is 5.56 Å². The van der Waals surface area contributed by atoms with Gasteiger partial charge in [0.05, 0.1) is 42.0 Å². The van der Waals surface area contributed by atoms with Gasteiger partial charge < -0.3 is 23.9 Å². The summed E-state index contributed by atoms with van der Waals surface area (Å²) in [5, 5.41) is 21.0. The quantitative estimate of drug-likeness (QED) is 0.331. The lowest BCUT2D eigenvalue weighted by molar-refractivity contribution is -0.386. The van der Waals surface area contributed by atoms with Crippen molar-refractivity contribution < 1.29 is 29.0 Å². The maximum atomic E-state index is 11.6. The maximum Gasteiger partial charge on any atom is 0.311 e. The molecule has 0 radical (unpaired) electrons. The van der Waals surface area contributed by atoms with Crippen LogP contribution in [0.2, 0.25) is 0 Å². The zero-order chi connectivity index (χ0) is 25.1. The van der Waals surface area contributed by atoms with Crippen molar-refractivity contribution in [2.24, 2.45) is 13.0 Å². The molecule has 1 aliphatic rings. The molecule has 2 heterocycles. The largest absolute Gasteiger partial charge is 0.481 e. The molecule has 3 rings (SSSR count). The number of aryl methyl sites for hydroxylation is 2. The number of ether oxygens (including phenoxy) is 3. The van der Waals surface area contributed by atoms with Gasteiger partial charge in [-0.05, 0) is 39.3 Å². The SMILES string of the molecule is C/C=C\[C@H](CC(=O)O)C1(c2cn(C)cn2)COC(C(C)(C)Oc2ccc(C)cc2[N+](=O)[O-])OC1. The average molecular weight is 474 g/mol. The molecule has 0 amide bonds. The topological polar surface area (TPSA) is 126 Å². The predicted molar refractivity (Wildman–Crippen MR) is 124 cm³/mol. The number of nitrogens with zero attached hydrogens (tertiary/aromatic N) is 3. The number of allylic oxidation sites excluding steroid dienone is 2. The van der Waals surface area contributed by atoms with E-state index in [1.54, 1.807) is 43.8 Å². The van der Waals surface area contributed by atoms with Gasteiger partial charge in [-0.25, -0.2) is 4.98 Å². The van der Waals surface area contributed by atoms with Crippen molar-refractivity contribution in [1.82, 2.24) is 9.55 Å². The first-order chi connectivity index (χ1) is 16.0. The van der Waals surface area contributed by atoms with E-state index < -0.39 is 34.1 Å². The highest BCUT2D eigenvalue weighted by Crippen LogP contribution is 2.41. The number of hydrogen-bond donors (Lipinski definition) is 1. The van der Waals surface area contributed by atoms with Crippen molar-refractivity contribution >= 4 is 11.7 Å². The Hall–Kier alpha value is -3.24. The third-order valence-electron chi connectivity index (χ3n) is 5.98. The van der Waals surface area contributed by atoms with Gasteiger partial charge in [-0.15, -0.1) is 0 Å². The molecule has 1 fully saturated rings. The lowest BCUT2D eigenvalue weighted by Crippen LogP contribution is -2.56. The summed E-state index contributed by atoms with van der Waals surface area (Å²) in [6.07, 6.45) is 6.18. The van der Waals surface area contributed by atoms with Crippen LogP contribution < -0.4 is 4.74 Å². The van der Waals surface area contributed by atoms with Crippen LogP contribution in [-0.2, 0) is 26.7 Å². The number of carbonyl (C=O) groups is 1. The fourth-order valence-electron chi connectivity index (χ4n) is 4.22. The lowest BCUT2D eigenvalue weighted by Gasteiger charge is -2.46. The van der Waals surface area contributed by atoms with E-state index in [-0.39, 0.29) is 31.1 Å². The van der Waals surface area contributed by atoms with Crippen LogP contribution in [0, 0.1) is 23.0 Å². The minimum absolute atomic E-state index is 0.117. The molecule has 1 aromatic heterocycles. The van der Waals surface area contributed by atoms with Crippen molar-refractivity contribution in [2.45, 2.75) is 51.4 Å². The third-order valence-corrected chi connectivity index (χ3v) is 5.98. The zero-order valence-electron chi connectivity index (χ0n) is 20.1. The van der Waals surface area contributed by atoms with Gasteiger partial charge >= 0.3 is 11.7 Å². The minimum Gasteiger partial charge on any atom is -0.481 e. The Balaban J connectivity index is 1.87. The van der Waals surface area contributed by atoms with Crippen LogP contribution in [-0.4, -0.2) is 50.7 Å². The van der Waals surface area contributed by atoms with Crippen molar-refractivity contribution in [3.8, 4) is 5.75 Å². The molecule has 1 N–H and O–H groups in total. The molecular formula is C24H31N3O7. The average Bonchev–Trinajstić information content (AvgIpc) is 3.21. The summed E-state index contributed by atoms with van der Waals surface area (Å²) in [6.45, 7) is 7.34. The summed E-state index contributed by atoms with van der Waals surface area (Å²) in [5.74, 6) is -1.24. The second-order valence-electron chi connectivity index (χ2n) is 9.20. The summed E-state index contributed by atoms with van der Waals surface area (Å²) in [5.41, 5.74) is -0.615. The predicted octanol–water partition coefficient (Wildman–Crippen LogP) is 3.77. The molecule has 184 valence electrons. The molecule has 10 heteroatoms. The molecule has 1 aromatic carbocycles. The number of carboxylic acid groups (broad SMARTS) is 1. The van der Waals surface area contributed by atoms with Gasteiger partial charge in [0.2, 0.25) is 0 Å². The molecule has 2 aromatic rings. The molecule has 0 saturated carbocycles. The number of rotatable bonds is 9. The van der Waals surface area contributed by atoms with E-state index in [1.165, 1.54) is 6.07 Å². The molecule has 1 aliphatic heterocycles. The lowest BCUT2D eigenvalue weighted by atomic mass is 9.71. The molecule has 10 nitrogen and oxygen atoms in total. The fourth-order valence-corrected chi connectivity index (χ4v) is 4.22. The Bertz CT molecular complexity index is 1070. The second kappa shape index (κ2) is 9.94. The number of nitro groups is 1. The number of imidazole rings is 1. The van der Waals surface area contributed by atoms with E-state index in [4.69, 9.17) is 14.2 Å². The molecular weight excluding hydrogens is 442 g/mol. The molecule has 1 saturated heterocycles. The Labute approximate surface area is 198 Å². The smallest absolute Gasteiger partial charge is 0.311 e. The van der Waals surface area contributed by atoms with Crippen LogP contribution in [0.1, 0.15) is 38.4 Å². The van der Waals surface area contributed by atoms with Gasteiger partial charge in [-0.3, -0.25) is 14.9 Å². The maximum absolute atomic E-state index is 11.6. The van der Waals surface area contributed by atoms with Crippen LogP contribution in [0.3, 0.4) is 0 Å². The number of aromatic nitrogens is 2. The summed E-state index contributed by atoms with van der Waals surface area (Å²) in [6, 6.07) is 4.75. The van der Waals surface area contributed by atoms with E-state index in [9.17, 15) is 20.0 Å². The minimum atomic E-state index is -1.07. The summed E-state index contributed by atoms with van der Waals surface area (Å²) in [7, 11) is 1.84. The van der Waals surface area contributed by atoms with Crippen LogP contribution >= 0.6 is 0 Å². The Kier molecular flexibility index (Phi) is 7.42. The van der Waals surface area contributed by atoms with E-state index in [2.05, 4.69) is 4.98 Å². The molecule has 0 bridgehead atoms. The highest BCUT2D eigenvalue weighted by atomic mass is 16.7. The zero-order valence-corrected chi connectivity index (χ0v) is 20.1. The molecule has 0 unspecified atom stereocenters. The van der Waals surface area contributed by atoms with Crippen molar-refractivity contribution in [3.05, 3.63) is 64.2 Å². The first kappa shape index (κ1) is 25.4. The summed E-state index contributed by atoms with van der Waals surface area (Å²) in [4.78, 5) is 27.1. The van der Waals surface area contributed by atoms with Crippen LogP contribution in [0.4, 0.5) is 5.69 Å². The molecule has 34 heavy (non-hydrogen) atoms. The van der Waals surface area contributed by atoms with Crippen LogP contribution in [0.15, 0.2) is 42.9 Å². The standard InChI is InChI=1S/C24H31N3O7/c1-6-7-17(11-21(28)29)24(20-12-26(5)15-25-20)13-32-22(33-14-24)23(3,4)34-19-9-8-16(2)10-18(19)27(30)31/h6-10,12,15,17,22H,11,13-14H2,1-5H3,(H,28,29)/b7-6-/t17-,22?,24?/m1/s1. The number of carboxylic acids is 1. The Morgan fingerprint density at radius 2 is 2.12 bits per heavy atom. The molecule has 0 spiro atoms. The normalized spacial score (nSPS) is 22.0. The third kappa shape index (κ3) is 5.28. The van der Waals surface area contributed by atoms with Crippen molar-refractivity contribution in [1.29, 1.82) is 0 Å². The van der Waals surface area contributed by atoms with Gasteiger partial charge in [0, 0.05) is 25.2 Å². The number of benzene rings is 1. The summed E-state index contributed by atoms with van der Waals surface area (Å²) >= 11 is 0. The molecule has 1 atom stereocenters. The van der Waals surface area contributed by atoms with E-state index in [1.807, 2.05) is 32.3 Å².